The number of carbonyl (C=O) groups excluding carboxylic acids is 1. The minimum atomic E-state index is -0.169. The van der Waals surface area contributed by atoms with E-state index in [2.05, 4.69) is 10.9 Å². The number of aromatic nitrogens is 2. The van der Waals surface area contributed by atoms with E-state index >= 15 is 0 Å². The monoisotopic (exact) mass is 442 g/mol. The maximum absolute atomic E-state index is 13.4. The number of imidazole rings is 1. The van der Waals surface area contributed by atoms with Crippen molar-refractivity contribution in [1.82, 2.24) is 14.5 Å². The van der Waals surface area contributed by atoms with Crippen LogP contribution >= 0.6 is 0 Å². The Hall–Kier alpha value is -3.73. The molecule has 33 heavy (non-hydrogen) atoms. The molecule has 0 atom stereocenters. The van der Waals surface area contributed by atoms with E-state index in [0.717, 1.165) is 33.8 Å². The largest absolute Gasteiger partial charge is 0.383 e. The molecular weight excluding hydrogens is 416 g/mol. The lowest BCUT2D eigenvalue weighted by atomic mass is 9.98. The van der Waals surface area contributed by atoms with Crippen LogP contribution < -0.4 is 0 Å². The van der Waals surface area contributed by atoms with Gasteiger partial charge in [0.05, 0.1) is 36.9 Å². The van der Waals surface area contributed by atoms with Crippen molar-refractivity contribution in [3.8, 4) is 18.0 Å². The number of amides is 1. The normalized spacial score (nSPS) is 12.2. The fourth-order valence-corrected chi connectivity index (χ4v) is 3.89. The molecule has 3 aromatic rings. The highest BCUT2D eigenvalue weighted by Gasteiger charge is 2.27. The van der Waals surface area contributed by atoms with Gasteiger partial charge in [-0.25, -0.2) is 4.98 Å². The van der Waals surface area contributed by atoms with Crippen molar-refractivity contribution < 1.29 is 14.3 Å². The molecule has 0 radical (unpaired) electrons. The van der Waals surface area contributed by atoms with Crippen LogP contribution in [0.5, 0.6) is 0 Å². The third-order valence-corrected chi connectivity index (χ3v) is 5.60. The lowest BCUT2D eigenvalue weighted by Gasteiger charge is -2.21. The standard InChI is InChI=1S/C26H26N4O3/c1-4-19-10-11-22-21(16-19)24(20-8-6-5-7-9-20)27-17-23-25(28-18-30(22)23)26(31)29(12-14-32-2)13-15-33-3/h1,5-11,16,18H,12-15,17H2,2-3H3. The molecule has 0 spiro atoms. The molecule has 1 amide bonds. The smallest absolute Gasteiger partial charge is 0.274 e. The highest BCUT2D eigenvalue weighted by Crippen LogP contribution is 2.28. The number of hydrogen-bond acceptors (Lipinski definition) is 5. The second kappa shape index (κ2) is 10.3. The zero-order valence-electron chi connectivity index (χ0n) is 18.8. The number of nitrogens with zero attached hydrogens (tertiary/aromatic N) is 4. The van der Waals surface area contributed by atoms with Gasteiger partial charge in [-0.15, -0.1) is 6.42 Å². The maximum atomic E-state index is 13.4. The third kappa shape index (κ3) is 4.58. The summed E-state index contributed by atoms with van der Waals surface area (Å²) in [6, 6.07) is 15.8. The van der Waals surface area contributed by atoms with Gasteiger partial charge in [-0.05, 0) is 18.2 Å². The second-order valence-corrected chi connectivity index (χ2v) is 7.59. The van der Waals surface area contributed by atoms with Crippen LogP contribution in [0.2, 0.25) is 0 Å². The molecule has 0 saturated carbocycles. The van der Waals surface area contributed by atoms with Gasteiger partial charge in [-0.2, -0.15) is 0 Å². The molecule has 0 unspecified atom stereocenters. The van der Waals surface area contributed by atoms with E-state index in [1.807, 2.05) is 53.1 Å². The number of aliphatic imine (C=N–C) groups is 1. The summed E-state index contributed by atoms with van der Waals surface area (Å²) in [5.41, 5.74) is 5.50. The molecule has 0 fully saturated rings. The predicted octanol–water partition coefficient (Wildman–Crippen LogP) is 2.94. The zero-order chi connectivity index (χ0) is 23.2. The summed E-state index contributed by atoms with van der Waals surface area (Å²) in [7, 11) is 3.23. The van der Waals surface area contributed by atoms with Crippen molar-refractivity contribution >= 4 is 11.6 Å². The molecule has 168 valence electrons. The van der Waals surface area contributed by atoms with Crippen LogP contribution in [0.4, 0.5) is 0 Å². The summed E-state index contributed by atoms with van der Waals surface area (Å²) in [6.07, 6.45) is 7.36. The van der Waals surface area contributed by atoms with Gasteiger partial charge in [0.1, 0.15) is 6.33 Å². The first-order valence-electron chi connectivity index (χ1n) is 10.7. The topological polar surface area (TPSA) is 69.0 Å². The van der Waals surface area contributed by atoms with E-state index in [4.69, 9.17) is 20.9 Å². The molecule has 4 rings (SSSR count). The first-order chi connectivity index (χ1) is 16.2. The summed E-state index contributed by atoms with van der Waals surface area (Å²) >= 11 is 0. The van der Waals surface area contributed by atoms with Gasteiger partial charge in [-0.3, -0.25) is 14.4 Å². The Bertz CT molecular complexity index is 1200. The van der Waals surface area contributed by atoms with Crippen LogP contribution in [0, 0.1) is 12.3 Å². The third-order valence-electron chi connectivity index (χ3n) is 5.60. The lowest BCUT2D eigenvalue weighted by molar-refractivity contribution is 0.0621. The predicted molar refractivity (Wildman–Crippen MR) is 127 cm³/mol. The van der Waals surface area contributed by atoms with Crippen molar-refractivity contribution in [2.75, 3.05) is 40.5 Å². The van der Waals surface area contributed by atoms with Gasteiger partial charge in [-0.1, -0.05) is 36.3 Å². The van der Waals surface area contributed by atoms with Gasteiger partial charge in [0.2, 0.25) is 0 Å². The van der Waals surface area contributed by atoms with E-state index in [1.165, 1.54) is 0 Å². The maximum Gasteiger partial charge on any atom is 0.274 e. The van der Waals surface area contributed by atoms with Gasteiger partial charge in [0.15, 0.2) is 5.69 Å². The lowest BCUT2D eigenvalue weighted by Crippen LogP contribution is -2.37. The summed E-state index contributed by atoms with van der Waals surface area (Å²) < 4.78 is 12.3. The van der Waals surface area contributed by atoms with Gasteiger partial charge < -0.3 is 14.4 Å². The van der Waals surface area contributed by atoms with E-state index < -0.39 is 0 Å². The van der Waals surface area contributed by atoms with Crippen LogP contribution in [-0.2, 0) is 16.0 Å². The highest BCUT2D eigenvalue weighted by atomic mass is 16.5. The molecule has 7 heteroatoms. The van der Waals surface area contributed by atoms with Crippen LogP contribution in [-0.4, -0.2) is 66.6 Å². The SMILES string of the molecule is C#Cc1ccc2c(c1)C(c1ccccc1)=NCc1c(C(=O)N(CCOC)CCOC)ncn1-2. The molecule has 7 nitrogen and oxygen atoms in total. The first-order valence-corrected chi connectivity index (χ1v) is 10.7. The number of benzene rings is 2. The Kier molecular flexibility index (Phi) is 6.98. The Labute approximate surface area is 193 Å². The average molecular weight is 443 g/mol. The van der Waals surface area contributed by atoms with Crippen LogP contribution in [0.25, 0.3) is 5.69 Å². The Morgan fingerprint density at radius 2 is 1.85 bits per heavy atom. The fraction of sp³-hybridized carbons (Fsp3) is 0.269. The number of hydrogen-bond donors (Lipinski definition) is 0. The van der Waals surface area contributed by atoms with Gasteiger partial charge in [0, 0.05) is 44.0 Å². The minimum Gasteiger partial charge on any atom is -0.383 e. The highest BCUT2D eigenvalue weighted by molar-refractivity contribution is 6.15. The quantitative estimate of drug-likeness (QED) is 0.503. The van der Waals surface area contributed by atoms with E-state index in [0.29, 0.717) is 38.5 Å². The molecular formula is C26H26N4O3. The molecule has 0 bridgehead atoms. The number of rotatable bonds is 8. The minimum absolute atomic E-state index is 0.169. The van der Waals surface area contributed by atoms with E-state index in [1.54, 1.807) is 25.4 Å². The number of carbonyl (C=O) groups is 1. The summed E-state index contributed by atoms with van der Waals surface area (Å²) in [5.74, 6) is 2.54. The summed E-state index contributed by atoms with van der Waals surface area (Å²) in [4.78, 5) is 24.5. The van der Waals surface area contributed by atoms with Crippen molar-refractivity contribution in [2.45, 2.75) is 6.54 Å². The second-order valence-electron chi connectivity index (χ2n) is 7.59. The molecule has 1 aliphatic rings. The molecule has 1 aliphatic heterocycles. The number of fused-ring (bicyclic) bond motifs is 3. The van der Waals surface area contributed by atoms with E-state index in [-0.39, 0.29) is 5.91 Å². The zero-order valence-corrected chi connectivity index (χ0v) is 18.8. The van der Waals surface area contributed by atoms with E-state index in [9.17, 15) is 4.79 Å². The molecule has 1 aromatic heterocycles. The number of terminal acetylenes is 1. The first kappa shape index (κ1) is 22.5. The molecule has 2 heterocycles. The van der Waals surface area contributed by atoms with Crippen molar-refractivity contribution in [1.29, 1.82) is 0 Å². The molecule has 0 saturated heterocycles. The summed E-state index contributed by atoms with van der Waals surface area (Å²) in [6.45, 7) is 2.07. The molecule has 2 aromatic carbocycles. The Balaban J connectivity index is 1.80. The van der Waals surface area contributed by atoms with Gasteiger partial charge in [0.25, 0.3) is 5.91 Å². The van der Waals surface area contributed by atoms with Crippen LogP contribution in [0.1, 0.15) is 32.9 Å². The fourth-order valence-electron chi connectivity index (χ4n) is 3.89. The number of methoxy groups -OCH3 is 2. The molecule has 0 aliphatic carbocycles. The van der Waals surface area contributed by atoms with Crippen molar-refractivity contribution in [2.24, 2.45) is 4.99 Å². The van der Waals surface area contributed by atoms with Crippen molar-refractivity contribution in [3.05, 3.63) is 82.9 Å². The van der Waals surface area contributed by atoms with Crippen LogP contribution in [0.15, 0.2) is 59.9 Å². The van der Waals surface area contributed by atoms with Crippen molar-refractivity contribution in [3.63, 3.8) is 0 Å². The summed E-state index contributed by atoms with van der Waals surface area (Å²) in [5, 5.41) is 0. The molecule has 0 N–H and O–H groups in total. The number of ether oxygens (including phenoxy) is 2. The van der Waals surface area contributed by atoms with Crippen LogP contribution in [0.3, 0.4) is 0 Å². The Morgan fingerprint density at radius 3 is 2.52 bits per heavy atom. The Morgan fingerprint density at radius 1 is 1.12 bits per heavy atom. The average Bonchev–Trinajstić information content (AvgIpc) is 3.21. The van der Waals surface area contributed by atoms with Gasteiger partial charge >= 0.3 is 0 Å².